The van der Waals surface area contributed by atoms with Crippen molar-refractivity contribution in [3.63, 3.8) is 0 Å². The molecule has 0 saturated carbocycles. The second-order valence-electron chi connectivity index (χ2n) is 3.59. The van der Waals surface area contributed by atoms with Crippen LogP contribution in [-0.4, -0.2) is 31.0 Å². The Labute approximate surface area is 90.1 Å². The van der Waals surface area contributed by atoms with Gasteiger partial charge in [0.15, 0.2) is 0 Å². The maximum Gasteiger partial charge on any atom is 0.222 e. The molecule has 1 aliphatic rings. The third-order valence-corrected chi connectivity index (χ3v) is 2.59. The van der Waals surface area contributed by atoms with Gasteiger partial charge in [0.1, 0.15) is 0 Å². The minimum absolute atomic E-state index is 0.103. The van der Waals surface area contributed by atoms with Gasteiger partial charge in [-0.25, -0.2) is 0 Å². The van der Waals surface area contributed by atoms with Gasteiger partial charge in [-0.05, 0) is 25.7 Å². The smallest absolute Gasteiger partial charge is 0.222 e. The zero-order chi connectivity index (χ0) is 10.2. The van der Waals surface area contributed by atoms with Crippen LogP contribution in [0.15, 0.2) is 0 Å². The molecule has 4 heteroatoms. The summed E-state index contributed by atoms with van der Waals surface area (Å²) in [4.78, 5) is 11.3. The summed E-state index contributed by atoms with van der Waals surface area (Å²) in [7, 11) is 0. The van der Waals surface area contributed by atoms with E-state index in [1.807, 2.05) is 0 Å². The highest BCUT2D eigenvalue weighted by Gasteiger charge is 2.18. The second-order valence-corrected chi connectivity index (χ2v) is 3.96. The molecule has 0 aliphatic carbocycles. The van der Waals surface area contributed by atoms with E-state index in [1.54, 1.807) is 0 Å². The van der Waals surface area contributed by atoms with Crippen LogP contribution in [0.3, 0.4) is 0 Å². The number of rotatable bonds is 6. The molecule has 1 aliphatic heterocycles. The summed E-state index contributed by atoms with van der Waals surface area (Å²) in [6.07, 6.45) is 4.70. The molecule has 14 heavy (non-hydrogen) atoms. The predicted molar refractivity (Wildman–Crippen MR) is 56.6 cm³/mol. The van der Waals surface area contributed by atoms with Crippen molar-refractivity contribution in [2.24, 2.45) is 0 Å². The van der Waals surface area contributed by atoms with Gasteiger partial charge in [0.05, 0.1) is 12.5 Å². The third-order valence-electron chi connectivity index (χ3n) is 2.32. The number of alkyl halides is 1. The molecule has 1 atom stereocenters. The molecule has 1 saturated heterocycles. The molecule has 1 heterocycles. The topological polar surface area (TPSA) is 38.3 Å². The van der Waals surface area contributed by atoms with Gasteiger partial charge in [0, 0.05) is 19.0 Å². The molecule has 0 spiro atoms. The van der Waals surface area contributed by atoms with Crippen LogP contribution in [0.25, 0.3) is 0 Å². The first-order valence-corrected chi connectivity index (χ1v) is 5.80. The number of unbranched alkanes of at least 4 members (excludes halogenated alkanes) is 1. The summed E-state index contributed by atoms with van der Waals surface area (Å²) < 4.78 is 5.37. The monoisotopic (exact) mass is 219 g/mol. The molecule has 0 aromatic rings. The van der Waals surface area contributed by atoms with Crippen LogP contribution in [-0.2, 0) is 9.53 Å². The lowest BCUT2D eigenvalue weighted by atomic mass is 10.2. The molecule has 0 aromatic heterocycles. The highest BCUT2D eigenvalue weighted by atomic mass is 35.5. The average Bonchev–Trinajstić information content (AvgIpc) is 2.65. The van der Waals surface area contributed by atoms with Crippen LogP contribution in [0.5, 0.6) is 0 Å². The number of carbonyl (C=O) groups excluding carboxylic acids is 1. The quantitative estimate of drug-likeness (QED) is 0.546. The summed E-state index contributed by atoms with van der Waals surface area (Å²) in [6, 6.07) is 0. The zero-order valence-electron chi connectivity index (χ0n) is 8.43. The van der Waals surface area contributed by atoms with Gasteiger partial charge in [-0.15, -0.1) is 11.6 Å². The molecule has 0 bridgehead atoms. The van der Waals surface area contributed by atoms with Gasteiger partial charge in [0.2, 0.25) is 5.91 Å². The van der Waals surface area contributed by atoms with Gasteiger partial charge in [-0.1, -0.05) is 0 Å². The number of hydrogen-bond acceptors (Lipinski definition) is 2. The Bertz CT molecular complexity index is 170. The second kappa shape index (κ2) is 7.07. The van der Waals surface area contributed by atoms with E-state index < -0.39 is 0 Å². The first kappa shape index (κ1) is 11.8. The van der Waals surface area contributed by atoms with Gasteiger partial charge >= 0.3 is 0 Å². The fourth-order valence-corrected chi connectivity index (χ4v) is 1.72. The Morgan fingerprint density at radius 1 is 1.50 bits per heavy atom. The Morgan fingerprint density at radius 3 is 3.00 bits per heavy atom. The van der Waals surface area contributed by atoms with Gasteiger partial charge in [-0.3, -0.25) is 4.79 Å². The summed E-state index contributed by atoms with van der Waals surface area (Å²) in [6.45, 7) is 1.54. The van der Waals surface area contributed by atoms with E-state index in [0.717, 1.165) is 38.8 Å². The van der Waals surface area contributed by atoms with E-state index in [1.165, 1.54) is 0 Å². The number of ether oxygens (including phenoxy) is 1. The van der Waals surface area contributed by atoms with Gasteiger partial charge in [0.25, 0.3) is 0 Å². The zero-order valence-corrected chi connectivity index (χ0v) is 9.18. The van der Waals surface area contributed by atoms with Crippen molar-refractivity contribution >= 4 is 17.5 Å². The molecule has 0 aromatic carbocycles. The van der Waals surface area contributed by atoms with E-state index in [9.17, 15) is 4.79 Å². The van der Waals surface area contributed by atoms with Crippen LogP contribution in [0, 0.1) is 0 Å². The van der Waals surface area contributed by atoms with Crippen LogP contribution in [0.4, 0.5) is 0 Å². The van der Waals surface area contributed by atoms with Crippen molar-refractivity contribution in [2.45, 2.75) is 38.2 Å². The lowest BCUT2D eigenvalue weighted by Crippen LogP contribution is -2.28. The molecule has 3 nitrogen and oxygen atoms in total. The van der Waals surface area contributed by atoms with Gasteiger partial charge < -0.3 is 10.1 Å². The molecule has 82 valence electrons. The Balaban J connectivity index is 1.98. The molecule has 1 rings (SSSR count). The Hall–Kier alpha value is -0.280. The van der Waals surface area contributed by atoms with Crippen molar-refractivity contribution in [3.8, 4) is 0 Å². The standard InChI is InChI=1S/C10H18ClNO2/c11-5-1-2-6-12-10(13)8-9-4-3-7-14-9/h9H,1-8H2,(H,12,13). The molecule has 1 N–H and O–H groups in total. The minimum Gasteiger partial charge on any atom is -0.378 e. The summed E-state index contributed by atoms with van der Waals surface area (Å²) in [5.41, 5.74) is 0. The number of hydrogen-bond donors (Lipinski definition) is 1. The lowest BCUT2D eigenvalue weighted by molar-refractivity contribution is -0.123. The van der Waals surface area contributed by atoms with Crippen LogP contribution < -0.4 is 5.32 Å². The SMILES string of the molecule is O=C(CC1CCCO1)NCCCCCl. The Kier molecular flexibility index (Phi) is 5.96. The lowest BCUT2D eigenvalue weighted by Gasteiger charge is -2.09. The van der Waals surface area contributed by atoms with Crippen molar-refractivity contribution in [2.75, 3.05) is 19.0 Å². The highest BCUT2D eigenvalue weighted by Crippen LogP contribution is 2.14. The summed E-state index contributed by atoms with van der Waals surface area (Å²) >= 11 is 5.52. The fourth-order valence-electron chi connectivity index (χ4n) is 1.53. The number of nitrogens with one attached hydrogen (secondary N) is 1. The Morgan fingerprint density at radius 2 is 2.36 bits per heavy atom. The molecular formula is C10H18ClNO2. The molecule has 1 fully saturated rings. The molecule has 1 amide bonds. The van der Waals surface area contributed by atoms with E-state index >= 15 is 0 Å². The maximum atomic E-state index is 11.3. The normalized spacial score (nSPS) is 21.1. The van der Waals surface area contributed by atoms with Crippen molar-refractivity contribution < 1.29 is 9.53 Å². The summed E-state index contributed by atoms with van der Waals surface area (Å²) in [5.74, 6) is 0.771. The van der Waals surface area contributed by atoms with Crippen LogP contribution >= 0.6 is 11.6 Å². The fraction of sp³-hybridized carbons (Fsp3) is 0.900. The van der Waals surface area contributed by atoms with Crippen molar-refractivity contribution in [1.29, 1.82) is 0 Å². The van der Waals surface area contributed by atoms with E-state index in [4.69, 9.17) is 16.3 Å². The van der Waals surface area contributed by atoms with Crippen LogP contribution in [0.2, 0.25) is 0 Å². The highest BCUT2D eigenvalue weighted by molar-refractivity contribution is 6.17. The minimum atomic E-state index is 0.103. The average molecular weight is 220 g/mol. The third kappa shape index (κ3) is 4.82. The van der Waals surface area contributed by atoms with Crippen molar-refractivity contribution in [1.82, 2.24) is 5.32 Å². The van der Waals surface area contributed by atoms with E-state index in [2.05, 4.69) is 5.32 Å². The first-order valence-electron chi connectivity index (χ1n) is 5.27. The van der Waals surface area contributed by atoms with Crippen molar-refractivity contribution in [3.05, 3.63) is 0 Å². The molecule has 0 radical (unpaired) electrons. The molecule has 1 unspecified atom stereocenters. The number of amides is 1. The maximum absolute atomic E-state index is 11.3. The molecular weight excluding hydrogens is 202 g/mol. The number of carbonyl (C=O) groups is 1. The van der Waals surface area contributed by atoms with E-state index in [0.29, 0.717) is 12.3 Å². The predicted octanol–water partition coefficient (Wildman–Crippen LogP) is 1.69. The van der Waals surface area contributed by atoms with Crippen LogP contribution in [0.1, 0.15) is 32.1 Å². The van der Waals surface area contributed by atoms with Gasteiger partial charge in [-0.2, -0.15) is 0 Å². The first-order chi connectivity index (χ1) is 6.83. The number of halogens is 1. The largest absolute Gasteiger partial charge is 0.378 e. The van der Waals surface area contributed by atoms with E-state index in [-0.39, 0.29) is 12.0 Å². The summed E-state index contributed by atoms with van der Waals surface area (Å²) in [5, 5.41) is 2.87.